The molecule has 0 aliphatic heterocycles. The lowest BCUT2D eigenvalue weighted by Crippen LogP contribution is -2.53. The van der Waals surface area contributed by atoms with Crippen molar-refractivity contribution in [3.63, 3.8) is 0 Å². The van der Waals surface area contributed by atoms with Crippen molar-refractivity contribution in [1.29, 1.82) is 0 Å². The Labute approximate surface area is 99.1 Å². The lowest BCUT2D eigenvalue weighted by molar-refractivity contribution is 0.0819. The Morgan fingerprint density at radius 1 is 1.19 bits per heavy atom. The summed E-state index contributed by atoms with van der Waals surface area (Å²) < 4.78 is 5.49. The summed E-state index contributed by atoms with van der Waals surface area (Å²) >= 11 is 0. The molecule has 3 N–H and O–H groups in total. The molecule has 2 aliphatic rings. The van der Waals surface area contributed by atoms with E-state index in [2.05, 4.69) is 5.32 Å². The minimum absolute atomic E-state index is 0.0547. The van der Waals surface area contributed by atoms with Gasteiger partial charge >= 0.3 is 0 Å². The highest BCUT2D eigenvalue weighted by Crippen LogP contribution is 2.27. The predicted molar refractivity (Wildman–Crippen MR) is 66.4 cm³/mol. The average Bonchev–Trinajstić information content (AvgIpc) is 2.75. The second-order valence-electron chi connectivity index (χ2n) is 5.62. The molecule has 3 heteroatoms. The molecule has 0 heterocycles. The largest absolute Gasteiger partial charge is 0.380 e. The minimum Gasteiger partial charge on any atom is -0.380 e. The molecular formula is C13H26N2O. The van der Waals surface area contributed by atoms with Crippen LogP contribution in [0.2, 0.25) is 0 Å². The van der Waals surface area contributed by atoms with Crippen LogP contribution in [-0.4, -0.2) is 31.3 Å². The van der Waals surface area contributed by atoms with E-state index >= 15 is 0 Å². The van der Waals surface area contributed by atoms with Crippen molar-refractivity contribution < 1.29 is 4.74 Å². The molecule has 0 aromatic rings. The zero-order valence-corrected chi connectivity index (χ0v) is 10.5. The SMILES string of the molecule is COC1CCCC1NCC1(N)CCCCC1. The molecule has 0 spiro atoms. The number of methoxy groups -OCH3 is 1. The fourth-order valence-electron chi connectivity index (χ4n) is 3.21. The van der Waals surface area contributed by atoms with E-state index in [-0.39, 0.29) is 5.54 Å². The molecule has 0 amide bonds. The third kappa shape index (κ3) is 2.96. The second kappa shape index (κ2) is 5.48. The zero-order valence-electron chi connectivity index (χ0n) is 10.5. The first-order chi connectivity index (χ1) is 7.73. The molecule has 0 bridgehead atoms. The first kappa shape index (κ1) is 12.3. The van der Waals surface area contributed by atoms with Crippen LogP contribution in [0.3, 0.4) is 0 Å². The molecule has 0 aromatic heterocycles. The molecule has 2 unspecified atom stereocenters. The van der Waals surface area contributed by atoms with Gasteiger partial charge in [-0.15, -0.1) is 0 Å². The summed E-state index contributed by atoms with van der Waals surface area (Å²) in [5.41, 5.74) is 6.48. The van der Waals surface area contributed by atoms with E-state index in [9.17, 15) is 0 Å². The van der Waals surface area contributed by atoms with Gasteiger partial charge in [-0.05, 0) is 32.1 Å². The average molecular weight is 226 g/mol. The highest BCUT2D eigenvalue weighted by molar-refractivity contribution is 4.92. The Kier molecular flexibility index (Phi) is 4.22. The van der Waals surface area contributed by atoms with Gasteiger partial charge in [0.15, 0.2) is 0 Å². The van der Waals surface area contributed by atoms with E-state index in [1.807, 2.05) is 7.11 Å². The van der Waals surface area contributed by atoms with Gasteiger partial charge in [0.2, 0.25) is 0 Å². The second-order valence-corrected chi connectivity index (χ2v) is 5.62. The monoisotopic (exact) mass is 226 g/mol. The molecule has 0 saturated heterocycles. The van der Waals surface area contributed by atoms with Crippen molar-refractivity contribution in [2.24, 2.45) is 5.73 Å². The summed E-state index contributed by atoms with van der Waals surface area (Å²) in [6.07, 6.45) is 10.5. The van der Waals surface area contributed by atoms with Crippen molar-refractivity contribution >= 4 is 0 Å². The Morgan fingerprint density at radius 3 is 2.62 bits per heavy atom. The topological polar surface area (TPSA) is 47.3 Å². The van der Waals surface area contributed by atoms with E-state index in [0.29, 0.717) is 12.1 Å². The summed E-state index contributed by atoms with van der Waals surface area (Å²) in [7, 11) is 1.82. The predicted octanol–water partition coefficient (Wildman–Crippen LogP) is 1.81. The van der Waals surface area contributed by atoms with Crippen LogP contribution in [0.4, 0.5) is 0 Å². The molecule has 94 valence electrons. The molecule has 2 fully saturated rings. The van der Waals surface area contributed by atoms with Gasteiger partial charge in [-0.1, -0.05) is 19.3 Å². The molecule has 0 aromatic carbocycles. The summed E-state index contributed by atoms with van der Waals surface area (Å²) in [6, 6.07) is 0.535. The van der Waals surface area contributed by atoms with Gasteiger partial charge in [0.1, 0.15) is 0 Å². The summed E-state index contributed by atoms with van der Waals surface area (Å²) in [5.74, 6) is 0. The summed E-state index contributed by atoms with van der Waals surface area (Å²) in [6.45, 7) is 0.970. The van der Waals surface area contributed by atoms with Crippen molar-refractivity contribution in [2.45, 2.75) is 69.1 Å². The number of rotatable bonds is 4. The smallest absolute Gasteiger partial charge is 0.0724 e. The van der Waals surface area contributed by atoms with Gasteiger partial charge in [0, 0.05) is 25.2 Å². The minimum atomic E-state index is 0.0547. The van der Waals surface area contributed by atoms with Crippen molar-refractivity contribution in [3.8, 4) is 0 Å². The standard InChI is InChI=1S/C13H26N2O/c1-16-12-7-5-6-11(12)15-10-13(14)8-3-2-4-9-13/h11-12,15H,2-10,14H2,1H3. The van der Waals surface area contributed by atoms with Crippen LogP contribution in [-0.2, 0) is 4.74 Å². The van der Waals surface area contributed by atoms with Gasteiger partial charge in [0.25, 0.3) is 0 Å². The van der Waals surface area contributed by atoms with Crippen LogP contribution in [0, 0.1) is 0 Å². The molecule has 2 aliphatic carbocycles. The normalized spacial score (nSPS) is 34.1. The van der Waals surface area contributed by atoms with E-state index in [1.54, 1.807) is 0 Å². The first-order valence-corrected chi connectivity index (χ1v) is 6.79. The van der Waals surface area contributed by atoms with E-state index in [4.69, 9.17) is 10.5 Å². The molecule has 16 heavy (non-hydrogen) atoms. The summed E-state index contributed by atoms with van der Waals surface area (Å²) in [5, 5.41) is 3.64. The number of hydrogen-bond donors (Lipinski definition) is 2. The third-order valence-electron chi connectivity index (χ3n) is 4.32. The van der Waals surface area contributed by atoms with Crippen LogP contribution >= 0.6 is 0 Å². The van der Waals surface area contributed by atoms with Crippen LogP contribution in [0.5, 0.6) is 0 Å². The van der Waals surface area contributed by atoms with Gasteiger partial charge < -0.3 is 15.8 Å². The van der Waals surface area contributed by atoms with Crippen LogP contribution in [0.1, 0.15) is 51.4 Å². The quantitative estimate of drug-likeness (QED) is 0.768. The van der Waals surface area contributed by atoms with Crippen LogP contribution in [0.25, 0.3) is 0 Å². The first-order valence-electron chi connectivity index (χ1n) is 6.79. The van der Waals surface area contributed by atoms with Gasteiger partial charge in [-0.25, -0.2) is 0 Å². The van der Waals surface area contributed by atoms with Crippen molar-refractivity contribution in [3.05, 3.63) is 0 Å². The van der Waals surface area contributed by atoms with E-state index in [1.165, 1.54) is 51.4 Å². The fraction of sp³-hybridized carbons (Fsp3) is 1.00. The van der Waals surface area contributed by atoms with E-state index in [0.717, 1.165) is 6.54 Å². The Morgan fingerprint density at radius 2 is 1.94 bits per heavy atom. The Bertz CT molecular complexity index is 214. The molecular weight excluding hydrogens is 200 g/mol. The number of ether oxygens (including phenoxy) is 1. The highest BCUT2D eigenvalue weighted by Gasteiger charge is 2.31. The molecule has 3 nitrogen and oxygen atoms in total. The molecule has 2 atom stereocenters. The Hall–Kier alpha value is -0.120. The maximum atomic E-state index is 6.42. The van der Waals surface area contributed by atoms with Gasteiger partial charge in [-0.3, -0.25) is 0 Å². The Balaban J connectivity index is 1.77. The number of hydrogen-bond acceptors (Lipinski definition) is 3. The molecule has 2 rings (SSSR count). The lowest BCUT2D eigenvalue weighted by Gasteiger charge is -2.35. The molecule has 0 radical (unpaired) electrons. The van der Waals surface area contributed by atoms with Gasteiger partial charge in [0.05, 0.1) is 6.10 Å². The molecule has 2 saturated carbocycles. The van der Waals surface area contributed by atoms with Crippen LogP contribution < -0.4 is 11.1 Å². The summed E-state index contributed by atoms with van der Waals surface area (Å²) in [4.78, 5) is 0. The van der Waals surface area contributed by atoms with Crippen LogP contribution in [0.15, 0.2) is 0 Å². The third-order valence-corrected chi connectivity index (χ3v) is 4.32. The lowest BCUT2D eigenvalue weighted by atomic mass is 9.82. The highest BCUT2D eigenvalue weighted by atomic mass is 16.5. The fourth-order valence-corrected chi connectivity index (χ4v) is 3.21. The van der Waals surface area contributed by atoms with Gasteiger partial charge in [-0.2, -0.15) is 0 Å². The number of nitrogens with one attached hydrogen (secondary N) is 1. The maximum Gasteiger partial charge on any atom is 0.0724 e. The zero-order chi connectivity index (χ0) is 11.4. The van der Waals surface area contributed by atoms with Crippen molar-refractivity contribution in [1.82, 2.24) is 5.32 Å². The maximum absolute atomic E-state index is 6.42. The number of nitrogens with two attached hydrogens (primary N) is 1. The van der Waals surface area contributed by atoms with Crippen molar-refractivity contribution in [2.75, 3.05) is 13.7 Å². The van der Waals surface area contributed by atoms with E-state index < -0.39 is 0 Å².